The summed E-state index contributed by atoms with van der Waals surface area (Å²) in [6.45, 7) is 0. The van der Waals surface area contributed by atoms with Crippen LogP contribution in [0.4, 0.5) is 0 Å². The summed E-state index contributed by atoms with van der Waals surface area (Å²) >= 11 is 12.5. The summed E-state index contributed by atoms with van der Waals surface area (Å²) in [4.78, 5) is 0. The Morgan fingerprint density at radius 1 is 0.517 bits per heavy atom. The Hall–Kier alpha value is -1.63. The molecule has 4 aromatic carbocycles. The summed E-state index contributed by atoms with van der Waals surface area (Å²) in [7, 11) is -1.91. The molecule has 0 bridgehead atoms. The van der Waals surface area contributed by atoms with Gasteiger partial charge in [0.2, 0.25) is 0 Å². The summed E-state index contributed by atoms with van der Waals surface area (Å²) in [6, 6.07) is 38.5. The van der Waals surface area contributed by atoms with E-state index in [4.69, 9.17) is 23.2 Å². The minimum absolute atomic E-state index is 0. The molecule has 0 nitrogen and oxygen atoms in total. The third kappa shape index (κ3) is 4.60. The Kier molecular flexibility index (Phi) is 7.55. The molecule has 0 aromatic heterocycles. The van der Waals surface area contributed by atoms with E-state index < -0.39 is 7.26 Å². The fourth-order valence-electron chi connectivity index (χ4n) is 3.68. The maximum Gasteiger partial charge on any atom is 0.116 e. The lowest BCUT2D eigenvalue weighted by Gasteiger charge is -2.28. The van der Waals surface area contributed by atoms with Crippen LogP contribution in [0.1, 0.15) is 5.56 Å². The molecule has 0 radical (unpaired) electrons. The second-order valence-electron chi connectivity index (χ2n) is 6.72. The van der Waals surface area contributed by atoms with Crippen LogP contribution in [0, 0.1) is 0 Å². The van der Waals surface area contributed by atoms with E-state index in [0.717, 1.165) is 6.16 Å². The number of halogens is 3. The third-order valence-corrected chi connectivity index (χ3v) is 10.1. The van der Waals surface area contributed by atoms with Gasteiger partial charge in [0.05, 0.1) is 16.2 Å². The van der Waals surface area contributed by atoms with E-state index in [1.54, 1.807) is 0 Å². The molecule has 0 aliphatic rings. The lowest BCUT2D eigenvalue weighted by atomic mass is 10.2. The maximum atomic E-state index is 6.36. The second-order valence-corrected chi connectivity index (χ2v) is 11.0. The van der Waals surface area contributed by atoms with Crippen LogP contribution in [0.15, 0.2) is 109 Å². The first kappa shape index (κ1) is 22.1. The second kappa shape index (κ2) is 9.92. The molecule has 0 aliphatic heterocycles. The number of benzene rings is 4. The molecule has 0 N–H and O–H groups in total. The largest absolute Gasteiger partial charge is 1.00 e. The third-order valence-electron chi connectivity index (χ3n) is 4.99. The molecule has 0 spiro atoms. The lowest BCUT2D eigenvalue weighted by Crippen LogP contribution is -3.00. The predicted molar refractivity (Wildman–Crippen MR) is 125 cm³/mol. The topological polar surface area (TPSA) is 0 Å². The first-order chi connectivity index (χ1) is 13.7. The van der Waals surface area contributed by atoms with Gasteiger partial charge >= 0.3 is 0 Å². The highest BCUT2D eigenvalue weighted by molar-refractivity contribution is 7.95. The molecule has 29 heavy (non-hydrogen) atoms. The van der Waals surface area contributed by atoms with Gasteiger partial charge in [-0.05, 0) is 54.1 Å². The highest BCUT2D eigenvalue weighted by Crippen LogP contribution is 2.58. The van der Waals surface area contributed by atoms with E-state index in [1.807, 2.05) is 12.1 Å². The van der Waals surface area contributed by atoms with Crippen molar-refractivity contribution in [1.82, 2.24) is 0 Å². The van der Waals surface area contributed by atoms with E-state index in [2.05, 4.69) is 97.1 Å². The number of rotatable bonds is 5. The Morgan fingerprint density at radius 3 is 1.31 bits per heavy atom. The molecular weight excluding hydrogens is 482 g/mol. The van der Waals surface area contributed by atoms with Crippen molar-refractivity contribution in [2.45, 2.75) is 6.16 Å². The minimum atomic E-state index is -1.91. The van der Waals surface area contributed by atoms with Crippen molar-refractivity contribution in [2.75, 3.05) is 0 Å². The Morgan fingerprint density at radius 2 is 0.931 bits per heavy atom. The molecule has 4 heteroatoms. The van der Waals surface area contributed by atoms with Gasteiger partial charge in [-0.2, -0.15) is 0 Å². The predicted octanol–water partition coefficient (Wildman–Crippen LogP) is 3.49. The Bertz CT molecular complexity index is 957. The highest BCUT2D eigenvalue weighted by Gasteiger charge is 2.45. The van der Waals surface area contributed by atoms with Crippen LogP contribution >= 0.6 is 30.5 Å². The summed E-state index contributed by atoms with van der Waals surface area (Å²) in [5, 5.41) is 5.27. The average Bonchev–Trinajstić information content (AvgIpc) is 2.76. The van der Waals surface area contributed by atoms with Crippen LogP contribution in [0.3, 0.4) is 0 Å². The average molecular weight is 502 g/mol. The smallest absolute Gasteiger partial charge is 0.116 e. The fraction of sp³-hybridized carbons (Fsp3) is 0.0400. The van der Waals surface area contributed by atoms with Crippen molar-refractivity contribution in [3.05, 3.63) is 125 Å². The highest BCUT2D eigenvalue weighted by atomic mass is 79.9. The zero-order chi connectivity index (χ0) is 19.4. The van der Waals surface area contributed by atoms with E-state index in [1.165, 1.54) is 21.5 Å². The van der Waals surface area contributed by atoms with Crippen LogP contribution in [-0.4, -0.2) is 0 Å². The molecule has 4 rings (SSSR count). The van der Waals surface area contributed by atoms with Gasteiger partial charge in [0, 0.05) is 0 Å². The van der Waals surface area contributed by atoms with Gasteiger partial charge in [-0.25, -0.2) is 0 Å². The Labute approximate surface area is 193 Å². The zero-order valence-electron chi connectivity index (χ0n) is 15.7. The van der Waals surface area contributed by atoms with Crippen molar-refractivity contribution in [3.63, 3.8) is 0 Å². The van der Waals surface area contributed by atoms with Gasteiger partial charge in [0.1, 0.15) is 23.2 Å². The molecule has 146 valence electrons. The van der Waals surface area contributed by atoms with Gasteiger partial charge in [-0.15, -0.1) is 0 Å². The maximum absolute atomic E-state index is 6.36. The molecule has 0 aliphatic carbocycles. The lowest BCUT2D eigenvalue weighted by molar-refractivity contribution is -0.00000524. The van der Waals surface area contributed by atoms with Gasteiger partial charge in [-0.3, -0.25) is 0 Å². The molecule has 0 heterocycles. The van der Waals surface area contributed by atoms with Crippen molar-refractivity contribution < 1.29 is 17.0 Å². The van der Waals surface area contributed by atoms with Gasteiger partial charge in [0.15, 0.2) is 0 Å². The quantitative estimate of drug-likeness (QED) is 0.367. The van der Waals surface area contributed by atoms with Crippen LogP contribution in [0.5, 0.6) is 0 Å². The molecule has 4 aromatic rings. The van der Waals surface area contributed by atoms with E-state index in [9.17, 15) is 0 Å². The van der Waals surface area contributed by atoms with Gasteiger partial charge in [0.25, 0.3) is 0 Å². The first-order valence-corrected chi connectivity index (χ1v) is 11.9. The van der Waals surface area contributed by atoms with Gasteiger partial charge in [-0.1, -0.05) is 83.9 Å². The molecule has 0 amide bonds. The fourth-order valence-corrected chi connectivity index (χ4v) is 8.23. The van der Waals surface area contributed by atoms with Crippen molar-refractivity contribution in [1.29, 1.82) is 0 Å². The SMILES string of the molecule is Clc1ccc(C[P+](c2ccccc2)(c2ccccc2)c2ccccc2)cc1Cl.[Br-]. The molecule has 0 fully saturated rings. The first-order valence-electron chi connectivity index (χ1n) is 9.19. The number of hydrogen-bond donors (Lipinski definition) is 0. The minimum Gasteiger partial charge on any atom is -1.00 e. The molecule has 0 saturated heterocycles. The standard InChI is InChI=1S/C25H20Cl2P.BrH/c26-24-17-16-20(18-25(24)27)19-28(21-10-4-1-5-11-21,22-12-6-2-7-13-22)23-14-8-3-9-15-23;/h1-18H,19H2;1H/q+1;/p-1. The van der Waals surface area contributed by atoms with Crippen LogP contribution in [-0.2, 0) is 6.16 Å². The molecule has 0 unspecified atom stereocenters. The summed E-state index contributed by atoms with van der Waals surface area (Å²) in [5.74, 6) is 0. The summed E-state index contributed by atoms with van der Waals surface area (Å²) < 4.78 is 0. The van der Waals surface area contributed by atoms with E-state index >= 15 is 0 Å². The van der Waals surface area contributed by atoms with Crippen LogP contribution in [0.2, 0.25) is 10.0 Å². The Balaban J connectivity index is 0.00000240. The van der Waals surface area contributed by atoms with Crippen LogP contribution in [0.25, 0.3) is 0 Å². The van der Waals surface area contributed by atoms with Crippen molar-refractivity contribution >= 4 is 46.4 Å². The van der Waals surface area contributed by atoms with E-state index in [0.29, 0.717) is 10.0 Å². The zero-order valence-corrected chi connectivity index (χ0v) is 19.7. The van der Waals surface area contributed by atoms with Crippen LogP contribution < -0.4 is 32.9 Å². The van der Waals surface area contributed by atoms with E-state index in [-0.39, 0.29) is 17.0 Å². The van der Waals surface area contributed by atoms with Crippen molar-refractivity contribution in [2.24, 2.45) is 0 Å². The van der Waals surface area contributed by atoms with Crippen molar-refractivity contribution in [3.8, 4) is 0 Å². The summed E-state index contributed by atoms with van der Waals surface area (Å²) in [5.41, 5.74) is 1.19. The van der Waals surface area contributed by atoms with Gasteiger partial charge < -0.3 is 17.0 Å². The monoisotopic (exact) mass is 500 g/mol. The summed E-state index contributed by atoms with van der Waals surface area (Å²) in [6.07, 6.45) is 0.891. The molecule has 0 saturated carbocycles. The normalized spacial score (nSPS) is 11.0. The molecule has 0 atom stereocenters. The molecular formula is C25H20BrCl2P. The number of hydrogen-bond acceptors (Lipinski definition) is 0.